The lowest BCUT2D eigenvalue weighted by Gasteiger charge is -2.30. The van der Waals surface area contributed by atoms with Crippen molar-refractivity contribution >= 4 is 45.8 Å². The molecule has 1 saturated heterocycles. The lowest BCUT2D eigenvalue weighted by atomic mass is 10.1. The largest absolute Gasteiger partial charge is 0.494 e. The molecule has 0 atom stereocenters. The second kappa shape index (κ2) is 10.8. The third-order valence-corrected chi connectivity index (χ3v) is 5.39. The highest BCUT2D eigenvalue weighted by atomic mass is 16.5. The van der Waals surface area contributed by atoms with Gasteiger partial charge in [0.05, 0.1) is 50.7 Å². The summed E-state index contributed by atoms with van der Waals surface area (Å²) in [5.74, 6) is 0.839. The maximum absolute atomic E-state index is 12.4. The number of methoxy groups -OCH3 is 2. The molecule has 11 heteroatoms. The van der Waals surface area contributed by atoms with E-state index in [1.54, 1.807) is 18.3 Å². The van der Waals surface area contributed by atoms with Crippen molar-refractivity contribution in [2.45, 2.75) is 12.8 Å². The van der Waals surface area contributed by atoms with Gasteiger partial charge in [0.2, 0.25) is 5.91 Å². The molecule has 11 nitrogen and oxygen atoms in total. The summed E-state index contributed by atoms with van der Waals surface area (Å²) in [6, 6.07) is 7.35. The second-order valence-corrected chi connectivity index (χ2v) is 7.51. The minimum absolute atomic E-state index is 0.0128. The number of carbonyl (C=O) groups excluding carboxylic acids is 2. The van der Waals surface area contributed by atoms with Gasteiger partial charge in [-0.05, 0) is 18.2 Å². The summed E-state index contributed by atoms with van der Waals surface area (Å²) in [4.78, 5) is 39.2. The molecule has 0 spiro atoms. The van der Waals surface area contributed by atoms with E-state index in [-0.39, 0.29) is 18.7 Å². The number of anilines is 4. The molecule has 178 valence electrons. The first kappa shape index (κ1) is 23.2. The van der Waals surface area contributed by atoms with Gasteiger partial charge >= 0.3 is 5.97 Å². The van der Waals surface area contributed by atoms with Gasteiger partial charge in [-0.1, -0.05) is 0 Å². The van der Waals surface area contributed by atoms with Gasteiger partial charge in [-0.15, -0.1) is 0 Å². The van der Waals surface area contributed by atoms with Crippen molar-refractivity contribution in [3.8, 4) is 5.75 Å². The van der Waals surface area contributed by atoms with Gasteiger partial charge in [-0.25, -0.2) is 15.0 Å². The zero-order valence-corrected chi connectivity index (χ0v) is 19.0. The molecule has 0 radical (unpaired) electrons. The Bertz CT molecular complexity index is 1180. The number of benzene rings is 1. The normalized spacial score (nSPS) is 13.4. The molecule has 1 aliphatic rings. The number of amides is 1. The molecule has 1 amide bonds. The predicted octanol–water partition coefficient (Wildman–Crippen LogP) is 2.51. The Labute approximate surface area is 196 Å². The van der Waals surface area contributed by atoms with E-state index in [1.807, 2.05) is 12.1 Å². The lowest BCUT2D eigenvalue weighted by Crippen LogP contribution is -2.36. The lowest BCUT2D eigenvalue weighted by molar-refractivity contribution is -0.141. The van der Waals surface area contributed by atoms with E-state index in [1.165, 1.54) is 20.5 Å². The van der Waals surface area contributed by atoms with Gasteiger partial charge in [-0.3, -0.25) is 9.59 Å². The van der Waals surface area contributed by atoms with Crippen LogP contribution in [0.3, 0.4) is 0 Å². The van der Waals surface area contributed by atoms with E-state index in [0.29, 0.717) is 47.2 Å². The highest BCUT2D eigenvalue weighted by Gasteiger charge is 2.18. The Kier molecular flexibility index (Phi) is 7.33. The van der Waals surface area contributed by atoms with Gasteiger partial charge in [0.1, 0.15) is 17.9 Å². The molecule has 3 aromatic rings. The highest BCUT2D eigenvalue weighted by molar-refractivity contribution is 6.00. The van der Waals surface area contributed by atoms with Crippen LogP contribution in [0.15, 0.2) is 36.8 Å². The monoisotopic (exact) mass is 466 g/mol. The first-order valence-electron chi connectivity index (χ1n) is 10.8. The third kappa shape index (κ3) is 5.31. The molecule has 3 heterocycles. The maximum atomic E-state index is 12.4. The maximum Gasteiger partial charge on any atom is 0.306 e. The van der Waals surface area contributed by atoms with Gasteiger partial charge in [0, 0.05) is 37.2 Å². The quantitative estimate of drug-likeness (QED) is 0.478. The van der Waals surface area contributed by atoms with E-state index in [4.69, 9.17) is 9.47 Å². The van der Waals surface area contributed by atoms with Crippen molar-refractivity contribution < 1.29 is 23.8 Å². The van der Waals surface area contributed by atoms with Crippen molar-refractivity contribution in [1.82, 2.24) is 15.0 Å². The number of hydrogen-bond acceptors (Lipinski definition) is 10. The molecular weight excluding hydrogens is 440 g/mol. The highest BCUT2D eigenvalue weighted by Crippen LogP contribution is 2.34. The predicted molar refractivity (Wildman–Crippen MR) is 127 cm³/mol. The van der Waals surface area contributed by atoms with Crippen LogP contribution in [0.1, 0.15) is 12.8 Å². The Hall–Kier alpha value is -3.99. The summed E-state index contributed by atoms with van der Waals surface area (Å²) >= 11 is 0. The smallest absolute Gasteiger partial charge is 0.306 e. The zero-order chi connectivity index (χ0) is 23.9. The van der Waals surface area contributed by atoms with Crippen LogP contribution in [-0.2, 0) is 19.1 Å². The summed E-state index contributed by atoms with van der Waals surface area (Å²) in [5.41, 5.74) is 2.02. The molecule has 1 aromatic carbocycles. The fourth-order valence-corrected chi connectivity index (χ4v) is 3.65. The van der Waals surface area contributed by atoms with Crippen LogP contribution in [-0.4, -0.2) is 67.4 Å². The van der Waals surface area contributed by atoms with Crippen LogP contribution >= 0.6 is 0 Å². The number of nitrogens with one attached hydrogen (secondary N) is 2. The zero-order valence-electron chi connectivity index (χ0n) is 19.0. The molecule has 1 aliphatic heterocycles. The number of hydrogen-bond donors (Lipinski definition) is 2. The summed E-state index contributed by atoms with van der Waals surface area (Å²) in [6.07, 6.45) is 3.14. The molecule has 0 unspecified atom stereocenters. The Morgan fingerprint density at radius 3 is 2.68 bits per heavy atom. The van der Waals surface area contributed by atoms with Crippen LogP contribution < -0.4 is 20.3 Å². The van der Waals surface area contributed by atoms with Gasteiger partial charge in [0.15, 0.2) is 5.82 Å². The minimum Gasteiger partial charge on any atom is -0.494 e. The minimum atomic E-state index is -0.452. The number of rotatable bonds is 8. The number of pyridine rings is 1. The Morgan fingerprint density at radius 2 is 1.91 bits per heavy atom. The Morgan fingerprint density at radius 1 is 1.09 bits per heavy atom. The standard InChI is InChI=1S/C23H26N6O5/c1-32-19-13-16-15(12-17(19)27-20(30)5-6-21(31)33-2)22(26-14-25-16)28-23-18(4-3-7-24-23)29-8-10-34-11-9-29/h3-4,7,12-14H,5-6,8-11H2,1-2H3,(H,27,30)(H,24,25,26,28). The average molecular weight is 466 g/mol. The van der Waals surface area contributed by atoms with Crippen LogP contribution in [0.25, 0.3) is 10.9 Å². The summed E-state index contributed by atoms with van der Waals surface area (Å²) in [5, 5.41) is 6.78. The number of carbonyl (C=O) groups is 2. The van der Waals surface area contributed by atoms with Crippen LogP contribution in [0, 0.1) is 0 Å². The number of fused-ring (bicyclic) bond motifs is 1. The number of nitrogens with zero attached hydrogens (tertiary/aromatic N) is 4. The number of morpholine rings is 1. The van der Waals surface area contributed by atoms with Crippen LogP contribution in [0.5, 0.6) is 5.75 Å². The molecule has 0 aliphatic carbocycles. The average Bonchev–Trinajstić information content (AvgIpc) is 2.88. The van der Waals surface area contributed by atoms with E-state index in [9.17, 15) is 9.59 Å². The first-order chi connectivity index (χ1) is 16.6. The van der Waals surface area contributed by atoms with Gasteiger partial charge < -0.3 is 29.7 Å². The second-order valence-electron chi connectivity index (χ2n) is 7.51. The molecule has 2 N–H and O–H groups in total. The molecule has 2 aromatic heterocycles. The summed E-state index contributed by atoms with van der Waals surface area (Å²) in [6.45, 7) is 2.85. The van der Waals surface area contributed by atoms with Gasteiger partial charge in [0.25, 0.3) is 0 Å². The molecule has 4 rings (SSSR count). The third-order valence-electron chi connectivity index (χ3n) is 5.39. The van der Waals surface area contributed by atoms with E-state index < -0.39 is 5.97 Å². The SMILES string of the molecule is COC(=O)CCC(=O)Nc1cc2c(Nc3ncccc3N3CCOCC3)ncnc2cc1OC. The number of esters is 1. The van der Waals surface area contributed by atoms with Crippen molar-refractivity contribution in [3.05, 3.63) is 36.8 Å². The van der Waals surface area contributed by atoms with E-state index >= 15 is 0 Å². The fraction of sp³-hybridized carbons (Fsp3) is 0.348. The number of aromatic nitrogens is 3. The van der Waals surface area contributed by atoms with Crippen LogP contribution in [0.2, 0.25) is 0 Å². The van der Waals surface area contributed by atoms with Gasteiger partial charge in [-0.2, -0.15) is 0 Å². The van der Waals surface area contributed by atoms with Crippen molar-refractivity contribution in [3.63, 3.8) is 0 Å². The molecule has 0 saturated carbocycles. The Balaban J connectivity index is 1.64. The van der Waals surface area contributed by atoms with Crippen molar-refractivity contribution in [2.24, 2.45) is 0 Å². The topological polar surface area (TPSA) is 128 Å². The molecule has 34 heavy (non-hydrogen) atoms. The van der Waals surface area contributed by atoms with Crippen molar-refractivity contribution in [2.75, 3.05) is 56.1 Å². The van der Waals surface area contributed by atoms with E-state index in [0.717, 1.165) is 18.8 Å². The first-order valence-corrected chi connectivity index (χ1v) is 10.8. The van der Waals surface area contributed by atoms with E-state index in [2.05, 4.69) is 35.2 Å². The summed E-state index contributed by atoms with van der Waals surface area (Å²) in [7, 11) is 2.79. The number of ether oxygens (including phenoxy) is 3. The molecular formula is C23H26N6O5. The van der Waals surface area contributed by atoms with Crippen LogP contribution in [0.4, 0.5) is 23.0 Å². The molecule has 0 bridgehead atoms. The molecule has 1 fully saturated rings. The fourth-order valence-electron chi connectivity index (χ4n) is 3.65. The summed E-state index contributed by atoms with van der Waals surface area (Å²) < 4.78 is 15.5. The van der Waals surface area contributed by atoms with Crippen molar-refractivity contribution in [1.29, 1.82) is 0 Å².